The van der Waals surface area contributed by atoms with Crippen molar-refractivity contribution >= 4 is 22.6 Å². The Morgan fingerprint density at radius 1 is 1.07 bits per heavy atom. The summed E-state index contributed by atoms with van der Waals surface area (Å²) in [6, 6.07) is 16.2. The van der Waals surface area contributed by atoms with Crippen LogP contribution in [-0.4, -0.2) is 33.4 Å². The Labute approximate surface area is 159 Å². The van der Waals surface area contributed by atoms with Crippen LogP contribution >= 0.6 is 0 Å². The first-order valence-corrected chi connectivity index (χ1v) is 9.57. The number of amides is 1. The van der Waals surface area contributed by atoms with Crippen LogP contribution in [0, 0.1) is 0 Å². The minimum absolute atomic E-state index is 0.0805. The highest BCUT2D eigenvalue weighted by molar-refractivity contribution is 5.99. The van der Waals surface area contributed by atoms with Crippen molar-refractivity contribution in [3.05, 3.63) is 66.0 Å². The zero-order chi connectivity index (χ0) is 18.6. The first-order chi connectivity index (χ1) is 13.2. The van der Waals surface area contributed by atoms with Crippen LogP contribution in [-0.2, 0) is 6.42 Å². The number of hydrogen-bond acceptors (Lipinski definition) is 4. The lowest BCUT2D eigenvalue weighted by Gasteiger charge is -2.29. The summed E-state index contributed by atoms with van der Waals surface area (Å²) >= 11 is 0. The van der Waals surface area contributed by atoms with Gasteiger partial charge in [0.15, 0.2) is 0 Å². The van der Waals surface area contributed by atoms with Gasteiger partial charge in [0.05, 0.1) is 5.52 Å². The molecule has 3 aromatic rings. The van der Waals surface area contributed by atoms with E-state index in [9.17, 15) is 4.79 Å². The number of nitrogens with zero attached hydrogens (tertiary/aromatic N) is 3. The Morgan fingerprint density at radius 2 is 1.85 bits per heavy atom. The molecule has 1 heterocycles. The standard InChI is InChI=1S/C22H24N4O/c23-21-19-11-10-17(14-20(19)24-15-25-21)22(27)26(18-8-4-5-9-18)13-12-16-6-2-1-3-7-16/h1-3,6-7,10-11,14-15,18H,4-5,8-9,12-13H2,(H2,23,24,25). The monoisotopic (exact) mass is 360 g/mol. The average Bonchev–Trinajstić information content (AvgIpc) is 3.23. The zero-order valence-corrected chi connectivity index (χ0v) is 15.3. The van der Waals surface area contributed by atoms with Crippen molar-refractivity contribution in [2.24, 2.45) is 0 Å². The molecule has 5 heteroatoms. The number of fused-ring (bicyclic) bond motifs is 1. The summed E-state index contributed by atoms with van der Waals surface area (Å²) in [7, 11) is 0. The molecule has 27 heavy (non-hydrogen) atoms. The molecule has 0 radical (unpaired) electrons. The fraction of sp³-hybridized carbons (Fsp3) is 0.318. The summed E-state index contributed by atoms with van der Waals surface area (Å²) in [6.07, 6.45) is 6.87. The Kier molecular flexibility index (Phi) is 5.01. The van der Waals surface area contributed by atoms with E-state index in [1.807, 2.05) is 36.4 Å². The first-order valence-electron chi connectivity index (χ1n) is 9.57. The molecular formula is C22H24N4O. The van der Waals surface area contributed by atoms with E-state index in [0.29, 0.717) is 22.9 Å². The molecular weight excluding hydrogens is 336 g/mol. The molecule has 1 saturated carbocycles. The molecule has 5 nitrogen and oxygen atoms in total. The summed E-state index contributed by atoms with van der Waals surface area (Å²) in [5, 5.41) is 0.783. The van der Waals surface area contributed by atoms with E-state index in [4.69, 9.17) is 5.73 Å². The SMILES string of the molecule is Nc1ncnc2cc(C(=O)N(CCc3ccccc3)C3CCCC3)ccc12. The Morgan fingerprint density at radius 3 is 2.63 bits per heavy atom. The van der Waals surface area contributed by atoms with E-state index in [1.165, 1.54) is 24.7 Å². The minimum Gasteiger partial charge on any atom is -0.383 e. The molecule has 4 rings (SSSR count). The molecule has 0 spiro atoms. The van der Waals surface area contributed by atoms with Gasteiger partial charge in [0.2, 0.25) is 0 Å². The molecule has 0 atom stereocenters. The van der Waals surface area contributed by atoms with Crippen LogP contribution in [0.25, 0.3) is 10.9 Å². The molecule has 2 N–H and O–H groups in total. The summed E-state index contributed by atoms with van der Waals surface area (Å²) in [4.78, 5) is 23.7. The molecule has 0 unspecified atom stereocenters. The van der Waals surface area contributed by atoms with Gasteiger partial charge < -0.3 is 10.6 Å². The van der Waals surface area contributed by atoms with Crippen LogP contribution < -0.4 is 5.73 Å². The number of carbonyl (C=O) groups excluding carboxylic acids is 1. The van der Waals surface area contributed by atoms with Gasteiger partial charge in [0.1, 0.15) is 12.1 Å². The third-order valence-electron chi connectivity index (χ3n) is 5.42. The predicted molar refractivity (Wildman–Crippen MR) is 107 cm³/mol. The van der Waals surface area contributed by atoms with Gasteiger partial charge in [-0.25, -0.2) is 9.97 Å². The highest BCUT2D eigenvalue weighted by Crippen LogP contribution is 2.26. The van der Waals surface area contributed by atoms with Crippen molar-refractivity contribution in [1.82, 2.24) is 14.9 Å². The Balaban J connectivity index is 1.59. The van der Waals surface area contributed by atoms with Gasteiger partial charge in [0.25, 0.3) is 5.91 Å². The quantitative estimate of drug-likeness (QED) is 0.750. The van der Waals surface area contributed by atoms with Gasteiger partial charge in [-0.2, -0.15) is 0 Å². The molecule has 0 aliphatic heterocycles. The van der Waals surface area contributed by atoms with Gasteiger partial charge in [-0.05, 0) is 43.0 Å². The van der Waals surface area contributed by atoms with E-state index < -0.39 is 0 Å². The second-order valence-electron chi connectivity index (χ2n) is 7.16. The molecule has 0 bridgehead atoms. The lowest BCUT2D eigenvalue weighted by Crippen LogP contribution is -2.40. The van der Waals surface area contributed by atoms with E-state index >= 15 is 0 Å². The number of rotatable bonds is 5. The molecule has 1 aromatic heterocycles. The lowest BCUT2D eigenvalue weighted by atomic mass is 10.1. The molecule has 1 amide bonds. The highest BCUT2D eigenvalue weighted by Gasteiger charge is 2.27. The highest BCUT2D eigenvalue weighted by atomic mass is 16.2. The third kappa shape index (κ3) is 3.77. The van der Waals surface area contributed by atoms with Crippen LogP contribution in [0.4, 0.5) is 5.82 Å². The van der Waals surface area contributed by atoms with Crippen LogP contribution in [0.15, 0.2) is 54.9 Å². The third-order valence-corrected chi connectivity index (χ3v) is 5.42. The summed E-state index contributed by atoms with van der Waals surface area (Å²) in [6.45, 7) is 0.734. The number of benzene rings is 2. The number of nitrogen functional groups attached to an aromatic ring is 1. The molecule has 1 aliphatic rings. The number of aromatic nitrogens is 2. The van der Waals surface area contributed by atoms with Crippen LogP contribution in [0.5, 0.6) is 0 Å². The van der Waals surface area contributed by atoms with Crippen molar-refractivity contribution in [3.63, 3.8) is 0 Å². The van der Waals surface area contributed by atoms with Gasteiger partial charge >= 0.3 is 0 Å². The number of anilines is 1. The summed E-state index contributed by atoms with van der Waals surface area (Å²) < 4.78 is 0. The number of carbonyl (C=O) groups is 1. The summed E-state index contributed by atoms with van der Waals surface area (Å²) in [5.41, 5.74) is 8.54. The van der Waals surface area contributed by atoms with Crippen molar-refractivity contribution in [2.45, 2.75) is 38.1 Å². The van der Waals surface area contributed by atoms with Gasteiger partial charge in [-0.15, -0.1) is 0 Å². The maximum absolute atomic E-state index is 13.3. The molecule has 1 fully saturated rings. The smallest absolute Gasteiger partial charge is 0.254 e. The van der Waals surface area contributed by atoms with Crippen LogP contribution in [0.3, 0.4) is 0 Å². The molecule has 0 saturated heterocycles. The predicted octanol–water partition coefficient (Wildman–Crippen LogP) is 3.84. The minimum atomic E-state index is 0.0805. The Hall–Kier alpha value is -2.95. The molecule has 2 aromatic carbocycles. The van der Waals surface area contributed by atoms with Crippen molar-refractivity contribution < 1.29 is 4.79 Å². The second kappa shape index (κ2) is 7.74. The molecule has 1 aliphatic carbocycles. The van der Waals surface area contributed by atoms with Crippen molar-refractivity contribution in [3.8, 4) is 0 Å². The Bertz CT molecular complexity index is 935. The zero-order valence-electron chi connectivity index (χ0n) is 15.3. The van der Waals surface area contributed by atoms with Crippen molar-refractivity contribution in [1.29, 1.82) is 0 Å². The van der Waals surface area contributed by atoms with Gasteiger partial charge in [-0.1, -0.05) is 43.2 Å². The fourth-order valence-electron chi connectivity index (χ4n) is 3.94. The lowest BCUT2D eigenvalue weighted by molar-refractivity contribution is 0.0684. The van der Waals surface area contributed by atoms with E-state index in [-0.39, 0.29) is 5.91 Å². The van der Waals surface area contributed by atoms with Gasteiger partial charge in [-0.3, -0.25) is 4.79 Å². The van der Waals surface area contributed by atoms with Crippen LogP contribution in [0.1, 0.15) is 41.6 Å². The van der Waals surface area contributed by atoms with E-state index in [0.717, 1.165) is 31.2 Å². The van der Waals surface area contributed by atoms with Gasteiger partial charge in [0, 0.05) is 23.5 Å². The normalized spacial score (nSPS) is 14.5. The maximum atomic E-state index is 13.3. The fourth-order valence-corrected chi connectivity index (χ4v) is 3.94. The largest absolute Gasteiger partial charge is 0.383 e. The number of nitrogens with two attached hydrogens (primary N) is 1. The van der Waals surface area contributed by atoms with Crippen LogP contribution in [0.2, 0.25) is 0 Å². The average molecular weight is 360 g/mol. The van der Waals surface area contributed by atoms with E-state index in [2.05, 4.69) is 27.0 Å². The first kappa shape index (κ1) is 17.5. The van der Waals surface area contributed by atoms with Crippen molar-refractivity contribution in [2.75, 3.05) is 12.3 Å². The summed E-state index contributed by atoms with van der Waals surface area (Å²) in [5.74, 6) is 0.521. The number of hydrogen-bond donors (Lipinski definition) is 1. The molecule has 138 valence electrons. The second-order valence-corrected chi connectivity index (χ2v) is 7.16. The van der Waals surface area contributed by atoms with E-state index in [1.54, 1.807) is 0 Å². The topological polar surface area (TPSA) is 72.1 Å². The maximum Gasteiger partial charge on any atom is 0.254 e.